The molecule has 2 aromatic heterocycles. The van der Waals surface area contributed by atoms with Gasteiger partial charge in [0.2, 0.25) is 5.56 Å². The first kappa shape index (κ1) is 14.1. The molecule has 3 rings (SSSR count). The van der Waals surface area contributed by atoms with Gasteiger partial charge >= 0.3 is 0 Å². The normalized spacial score (nSPS) is 14.9. The van der Waals surface area contributed by atoms with E-state index in [2.05, 4.69) is 4.98 Å². The van der Waals surface area contributed by atoms with Gasteiger partial charge in [0.1, 0.15) is 0 Å². The van der Waals surface area contributed by atoms with Crippen LogP contribution in [-0.2, 0) is 0 Å². The molecule has 1 aliphatic rings. The molecule has 7 heteroatoms. The van der Waals surface area contributed by atoms with Crippen molar-refractivity contribution < 1.29 is 14.0 Å². The zero-order chi connectivity index (χ0) is 15.5. The van der Waals surface area contributed by atoms with Gasteiger partial charge in [-0.3, -0.25) is 14.4 Å². The molecule has 0 bridgehead atoms. The van der Waals surface area contributed by atoms with E-state index in [1.165, 1.54) is 18.5 Å². The van der Waals surface area contributed by atoms with Gasteiger partial charge in [0, 0.05) is 44.0 Å². The molecule has 114 valence electrons. The Balaban J connectivity index is 1.63. The van der Waals surface area contributed by atoms with Gasteiger partial charge in [-0.25, -0.2) is 0 Å². The maximum absolute atomic E-state index is 12.3. The SMILES string of the molecule is O=C(c1cc[nH]c(=O)c1)N1CCN(C(=O)c2ccco2)CC1. The van der Waals surface area contributed by atoms with Crippen LogP contribution in [0.2, 0.25) is 0 Å². The van der Waals surface area contributed by atoms with Gasteiger partial charge in [0.15, 0.2) is 5.76 Å². The fourth-order valence-corrected chi connectivity index (χ4v) is 2.43. The van der Waals surface area contributed by atoms with Gasteiger partial charge < -0.3 is 19.2 Å². The fraction of sp³-hybridized carbons (Fsp3) is 0.267. The smallest absolute Gasteiger partial charge is 0.289 e. The number of rotatable bonds is 2. The second-order valence-corrected chi connectivity index (χ2v) is 5.00. The van der Waals surface area contributed by atoms with E-state index in [9.17, 15) is 14.4 Å². The lowest BCUT2D eigenvalue weighted by Gasteiger charge is -2.34. The van der Waals surface area contributed by atoms with Crippen molar-refractivity contribution in [1.82, 2.24) is 14.8 Å². The first-order valence-corrected chi connectivity index (χ1v) is 6.96. The van der Waals surface area contributed by atoms with Crippen molar-refractivity contribution in [3.8, 4) is 0 Å². The molecule has 3 heterocycles. The Morgan fingerprint density at radius 2 is 1.73 bits per heavy atom. The second kappa shape index (κ2) is 5.88. The van der Waals surface area contributed by atoms with Crippen LogP contribution in [0.5, 0.6) is 0 Å². The number of furan rings is 1. The molecular weight excluding hydrogens is 286 g/mol. The summed E-state index contributed by atoms with van der Waals surface area (Å²) in [6.45, 7) is 1.74. The monoisotopic (exact) mass is 301 g/mol. The summed E-state index contributed by atoms with van der Waals surface area (Å²) in [5.41, 5.74) is 0.0482. The van der Waals surface area contributed by atoms with Crippen LogP contribution < -0.4 is 5.56 Å². The molecule has 7 nitrogen and oxygen atoms in total. The highest BCUT2D eigenvalue weighted by Crippen LogP contribution is 2.11. The van der Waals surface area contributed by atoms with E-state index in [1.807, 2.05) is 0 Å². The van der Waals surface area contributed by atoms with Crippen LogP contribution in [0.1, 0.15) is 20.9 Å². The summed E-state index contributed by atoms with van der Waals surface area (Å²) in [6.07, 6.45) is 2.91. The molecule has 0 spiro atoms. The Labute approximate surface area is 126 Å². The number of hydrogen-bond donors (Lipinski definition) is 1. The second-order valence-electron chi connectivity index (χ2n) is 5.00. The predicted octanol–water partition coefficient (Wildman–Crippen LogP) is 0.566. The molecule has 0 aliphatic carbocycles. The summed E-state index contributed by atoms with van der Waals surface area (Å²) < 4.78 is 5.10. The first-order chi connectivity index (χ1) is 10.6. The van der Waals surface area contributed by atoms with E-state index in [4.69, 9.17) is 4.42 Å². The van der Waals surface area contributed by atoms with Crippen LogP contribution in [0.25, 0.3) is 0 Å². The highest BCUT2D eigenvalue weighted by Gasteiger charge is 2.26. The average molecular weight is 301 g/mol. The summed E-state index contributed by atoms with van der Waals surface area (Å²) in [6, 6.07) is 6.14. The standard InChI is InChI=1S/C15H15N3O4/c19-13-10-11(3-4-16-13)14(20)17-5-7-18(8-6-17)15(21)12-2-1-9-22-12/h1-4,9-10H,5-8H2,(H,16,19). The van der Waals surface area contributed by atoms with Crippen LogP contribution in [0.3, 0.4) is 0 Å². The number of carbonyl (C=O) groups excluding carboxylic acids is 2. The summed E-state index contributed by atoms with van der Waals surface area (Å²) in [5, 5.41) is 0. The summed E-state index contributed by atoms with van der Waals surface area (Å²) in [4.78, 5) is 41.5. The van der Waals surface area contributed by atoms with Gasteiger partial charge in [-0.15, -0.1) is 0 Å². The Morgan fingerprint density at radius 3 is 2.32 bits per heavy atom. The lowest BCUT2D eigenvalue weighted by atomic mass is 10.2. The molecule has 0 aromatic carbocycles. The number of nitrogens with one attached hydrogen (secondary N) is 1. The van der Waals surface area contributed by atoms with E-state index in [0.29, 0.717) is 37.5 Å². The van der Waals surface area contributed by atoms with Crippen molar-refractivity contribution in [2.45, 2.75) is 0 Å². The maximum Gasteiger partial charge on any atom is 0.289 e. The third-order valence-electron chi connectivity index (χ3n) is 3.61. The number of H-pyrrole nitrogens is 1. The van der Waals surface area contributed by atoms with Crippen molar-refractivity contribution in [2.24, 2.45) is 0 Å². The molecule has 22 heavy (non-hydrogen) atoms. The van der Waals surface area contributed by atoms with Crippen LogP contribution in [0.15, 0.2) is 45.9 Å². The van der Waals surface area contributed by atoms with Gasteiger partial charge in [0.25, 0.3) is 11.8 Å². The largest absolute Gasteiger partial charge is 0.459 e. The van der Waals surface area contributed by atoms with Gasteiger partial charge in [0.05, 0.1) is 6.26 Å². The van der Waals surface area contributed by atoms with Crippen molar-refractivity contribution in [3.05, 3.63) is 58.4 Å². The van der Waals surface area contributed by atoms with Crippen molar-refractivity contribution in [1.29, 1.82) is 0 Å². The summed E-state index contributed by atoms with van der Waals surface area (Å²) in [5.74, 6) is -0.0705. The van der Waals surface area contributed by atoms with Crippen molar-refractivity contribution >= 4 is 11.8 Å². The van der Waals surface area contributed by atoms with E-state index in [0.717, 1.165) is 0 Å². The molecule has 0 atom stereocenters. The summed E-state index contributed by atoms with van der Waals surface area (Å²) in [7, 11) is 0. The minimum atomic E-state index is -0.308. The number of aromatic nitrogens is 1. The molecule has 1 fully saturated rings. The van der Waals surface area contributed by atoms with Crippen LogP contribution in [-0.4, -0.2) is 52.8 Å². The number of nitrogens with zero attached hydrogens (tertiary/aromatic N) is 2. The van der Waals surface area contributed by atoms with Crippen molar-refractivity contribution in [3.63, 3.8) is 0 Å². The third kappa shape index (κ3) is 2.78. The minimum Gasteiger partial charge on any atom is -0.459 e. The quantitative estimate of drug-likeness (QED) is 0.878. The number of amides is 2. The Bertz CT molecular complexity index is 727. The number of hydrogen-bond acceptors (Lipinski definition) is 4. The zero-order valence-electron chi connectivity index (χ0n) is 11.8. The van der Waals surface area contributed by atoms with Crippen LogP contribution >= 0.6 is 0 Å². The van der Waals surface area contributed by atoms with E-state index in [1.54, 1.807) is 28.0 Å². The third-order valence-corrected chi connectivity index (χ3v) is 3.61. The zero-order valence-corrected chi connectivity index (χ0v) is 11.8. The highest BCUT2D eigenvalue weighted by molar-refractivity contribution is 5.95. The molecule has 0 radical (unpaired) electrons. The van der Waals surface area contributed by atoms with Gasteiger partial charge in [-0.1, -0.05) is 0 Å². The van der Waals surface area contributed by atoms with Crippen LogP contribution in [0, 0.1) is 0 Å². The van der Waals surface area contributed by atoms with Gasteiger partial charge in [-0.2, -0.15) is 0 Å². The molecule has 1 saturated heterocycles. The fourth-order valence-electron chi connectivity index (χ4n) is 2.43. The minimum absolute atomic E-state index is 0.173. The predicted molar refractivity (Wildman–Crippen MR) is 77.6 cm³/mol. The lowest BCUT2D eigenvalue weighted by Crippen LogP contribution is -2.50. The Hall–Kier alpha value is -2.83. The van der Waals surface area contributed by atoms with E-state index in [-0.39, 0.29) is 17.4 Å². The lowest BCUT2D eigenvalue weighted by molar-refractivity contribution is 0.0518. The molecule has 1 aliphatic heterocycles. The van der Waals surface area contributed by atoms with Crippen LogP contribution in [0.4, 0.5) is 0 Å². The molecular formula is C15H15N3O4. The van der Waals surface area contributed by atoms with E-state index >= 15 is 0 Å². The number of aromatic amines is 1. The first-order valence-electron chi connectivity index (χ1n) is 6.96. The molecule has 0 saturated carbocycles. The maximum atomic E-state index is 12.3. The summed E-state index contributed by atoms with van der Waals surface area (Å²) >= 11 is 0. The Kier molecular flexibility index (Phi) is 3.78. The molecule has 2 amide bonds. The molecule has 1 N–H and O–H groups in total. The highest BCUT2D eigenvalue weighted by atomic mass is 16.3. The van der Waals surface area contributed by atoms with Gasteiger partial charge in [-0.05, 0) is 18.2 Å². The number of carbonyl (C=O) groups is 2. The van der Waals surface area contributed by atoms with Crippen molar-refractivity contribution in [2.75, 3.05) is 26.2 Å². The number of piperazine rings is 1. The molecule has 0 unspecified atom stereocenters. The average Bonchev–Trinajstić information content (AvgIpc) is 3.08. The molecule has 2 aromatic rings. The number of pyridine rings is 1. The Morgan fingerprint density at radius 1 is 1.05 bits per heavy atom. The van der Waals surface area contributed by atoms with E-state index < -0.39 is 0 Å². The topological polar surface area (TPSA) is 86.6 Å².